The summed E-state index contributed by atoms with van der Waals surface area (Å²) in [5.74, 6) is -0.323. The number of nitrogens with one attached hydrogen (secondary N) is 1. The Morgan fingerprint density at radius 1 is 1.40 bits per heavy atom. The molecule has 1 aliphatic rings. The third-order valence-corrected chi connectivity index (χ3v) is 5.36. The van der Waals surface area contributed by atoms with Crippen molar-refractivity contribution in [1.29, 1.82) is 0 Å². The van der Waals surface area contributed by atoms with Gasteiger partial charge in [-0.3, -0.25) is 14.9 Å². The zero-order valence-corrected chi connectivity index (χ0v) is 15.3. The maximum atomic E-state index is 12.3. The fourth-order valence-electron chi connectivity index (χ4n) is 2.66. The molecule has 0 spiro atoms. The first kappa shape index (κ1) is 19.6. The van der Waals surface area contributed by atoms with E-state index in [0.717, 1.165) is 0 Å². The number of piperidine rings is 1. The Kier molecular flexibility index (Phi) is 6.36. The van der Waals surface area contributed by atoms with E-state index in [-0.39, 0.29) is 28.1 Å². The van der Waals surface area contributed by atoms with E-state index in [1.54, 1.807) is 0 Å². The van der Waals surface area contributed by atoms with Gasteiger partial charge >= 0.3 is 0 Å². The fourth-order valence-corrected chi connectivity index (χ4v) is 3.45. The van der Waals surface area contributed by atoms with Gasteiger partial charge in [0.1, 0.15) is 9.84 Å². The minimum atomic E-state index is -2.99. The summed E-state index contributed by atoms with van der Waals surface area (Å²) in [6.07, 6.45) is 2.58. The molecule has 0 bridgehead atoms. The van der Waals surface area contributed by atoms with Gasteiger partial charge in [-0.05, 0) is 18.9 Å². The van der Waals surface area contributed by atoms with Crippen molar-refractivity contribution in [2.75, 3.05) is 31.6 Å². The second kappa shape index (κ2) is 8.11. The molecule has 0 saturated carbocycles. The summed E-state index contributed by atoms with van der Waals surface area (Å²) in [6.45, 7) is 1.85. The van der Waals surface area contributed by atoms with Gasteiger partial charge in [0.2, 0.25) is 0 Å². The monoisotopic (exact) mass is 389 g/mol. The zero-order chi connectivity index (χ0) is 18.6. The molecule has 25 heavy (non-hydrogen) atoms. The van der Waals surface area contributed by atoms with Crippen molar-refractivity contribution in [2.45, 2.75) is 18.9 Å². The molecular formula is C15H20ClN3O5S. The van der Waals surface area contributed by atoms with Crippen molar-refractivity contribution in [3.05, 3.63) is 38.9 Å². The molecule has 1 fully saturated rings. The van der Waals surface area contributed by atoms with Crippen molar-refractivity contribution in [2.24, 2.45) is 0 Å². The topological polar surface area (TPSA) is 110 Å². The van der Waals surface area contributed by atoms with Crippen LogP contribution >= 0.6 is 11.6 Å². The Morgan fingerprint density at radius 2 is 2.04 bits per heavy atom. The van der Waals surface area contributed by atoms with Crippen LogP contribution in [0.2, 0.25) is 5.02 Å². The Balaban J connectivity index is 1.90. The average molecular weight is 390 g/mol. The number of carbonyl (C=O) groups excluding carboxylic acids is 1. The van der Waals surface area contributed by atoms with Gasteiger partial charge < -0.3 is 10.2 Å². The van der Waals surface area contributed by atoms with Crippen LogP contribution in [0, 0.1) is 10.1 Å². The van der Waals surface area contributed by atoms with Crippen LogP contribution in [-0.4, -0.2) is 61.8 Å². The molecule has 1 heterocycles. The number of carbonyl (C=O) groups is 1. The largest absolute Gasteiger partial charge is 0.349 e. The Labute approximate surface area is 151 Å². The van der Waals surface area contributed by atoms with Gasteiger partial charge in [0.15, 0.2) is 0 Å². The minimum Gasteiger partial charge on any atom is -0.349 e. The van der Waals surface area contributed by atoms with E-state index in [1.807, 2.05) is 4.90 Å². The lowest BCUT2D eigenvalue weighted by atomic mass is 10.0. The van der Waals surface area contributed by atoms with Gasteiger partial charge in [0, 0.05) is 44.1 Å². The van der Waals surface area contributed by atoms with Crippen molar-refractivity contribution < 1.29 is 18.1 Å². The summed E-state index contributed by atoms with van der Waals surface area (Å²) >= 11 is 5.97. The van der Waals surface area contributed by atoms with Crippen LogP contribution in [0.5, 0.6) is 0 Å². The van der Waals surface area contributed by atoms with Crippen molar-refractivity contribution in [3.63, 3.8) is 0 Å². The number of rotatable bonds is 6. The number of nitro groups is 1. The number of benzene rings is 1. The number of nitro benzene ring substituents is 1. The van der Waals surface area contributed by atoms with Crippen LogP contribution in [0.4, 0.5) is 5.69 Å². The SMILES string of the molecule is CS(=O)(=O)CCN1CCC(NC(=O)c2cc([N+](=O)[O-])ccc2Cl)CC1. The van der Waals surface area contributed by atoms with Gasteiger partial charge in [-0.1, -0.05) is 11.6 Å². The summed E-state index contributed by atoms with van der Waals surface area (Å²) < 4.78 is 22.4. The Hall–Kier alpha value is -1.71. The molecule has 138 valence electrons. The van der Waals surface area contributed by atoms with Crippen molar-refractivity contribution in [1.82, 2.24) is 10.2 Å². The quantitative estimate of drug-likeness (QED) is 0.583. The van der Waals surface area contributed by atoms with Crippen LogP contribution in [0.15, 0.2) is 18.2 Å². The summed E-state index contributed by atoms with van der Waals surface area (Å²) in [4.78, 5) is 24.6. The summed E-state index contributed by atoms with van der Waals surface area (Å²) in [6, 6.07) is 3.68. The first-order valence-electron chi connectivity index (χ1n) is 7.80. The Bertz CT molecular complexity index is 760. The van der Waals surface area contributed by atoms with Crippen LogP contribution in [0.3, 0.4) is 0 Å². The summed E-state index contributed by atoms with van der Waals surface area (Å²) in [5, 5.41) is 13.8. The Morgan fingerprint density at radius 3 is 2.60 bits per heavy atom. The molecule has 10 heteroatoms. The molecular weight excluding hydrogens is 370 g/mol. The van der Waals surface area contributed by atoms with E-state index in [1.165, 1.54) is 24.5 Å². The molecule has 1 aromatic rings. The second-order valence-corrected chi connectivity index (χ2v) is 8.81. The fraction of sp³-hybridized carbons (Fsp3) is 0.533. The third kappa shape index (κ3) is 5.94. The number of halogens is 1. The maximum absolute atomic E-state index is 12.3. The molecule has 0 atom stereocenters. The summed E-state index contributed by atoms with van der Waals surface area (Å²) in [7, 11) is -2.99. The molecule has 1 N–H and O–H groups in total. The first-order chi connectivity index (χ1) is 11.7. The highest BCUT2D eigenvalue weighted by molar-refractivity contribution is 7.90. The molecule has 1 saturated heterocycles. The number of nitrogens with zero attached hydrogens (tertiary/aromatic N) is 2. The third-order valence-electron chi connectivity index (χ3n) is 4.11. The molecule has 2 rings (SSSR count). The predicted octanol–water partition coefficient (Wildman–Crippen LogP) is 1.49. The average Bonchev–Trinajstić information content (AvgIpc) is 2.53. The standard InChI is InChI=1S/C15H20ClN3O5S/c1-25(23,24)9-8-18-6-4-11(5-7-18)17-15(20)13-10-12(19(21)22)2-3-14(13)16/h2-3,10-11H,4-9H2,1H3,(H,17,20). The molecule has 0 unspecified atom stereocenters. The van der Waals surface area contributed by atoms with E-state index in [4.69, 9.17) is 11.6 Å². The minimum absolute atomic E-state index is 0.0719. The second-order valence-electron chi connectivity index (χ2n) is 6.14. The van der Waals surface area contributed by atoms with E-state index in [2.05, 4.69) is 5.32 Å². The van der Waals surface area contributed by atoms with E-state index in [9.17, 15) is 23.3 Å². The van der Waals surface area contributed by atoms with E-state index in [0.29, 0.717) is 32.5 Å². The molecule has 0 aliphatic carbocycles. The van der Waals surface area contributed by atoms with E-state index < -0.39 is 20.7 Å². The van der Waals surface area contributed by atoms with Crippen LogP contribution in [-0.2, 0) is 9.84 Å². The van der Waals surface area contributed by atoms with Crippen molar-refractivity contribution in [3.8, 4) is 0 Å². The lowest BCUT2D eigenvalue weighted by Crippen LogP contribution is -2.45. The number of non-ortho nitro benzene ring substituents is 1. The van der Waals surface area contributed by atoms with E-state index >= 15 is 0 Å². The molecule has 8 nitrogen and oxygen atoms in total. The highest BCUT2D eigenvalue weighted by Crippen LogP contribution is 2.22. The molecule has 0 aromatic heterocycles. The normalized spacial score (nSPS) is 16.6. The highest BCUT2D eigenvalue weighted by atomic mass is 35.5. The van der Waals surface area contributed by atoms with Gasteiger partial charge in [0.05, 0.1) is 21.3 Å². The van der Waals surface area contributed by atoms with Crippen molar-refractivity contribution >= 4 is 33.0 Å². The number of amides is 1. The lowest BCUT2D eigenvalue weighted by molar-refractivity contribution is -0.384. The lowest BCUT2D eigenvalue weighted by Gasteiger charge is -2.32. The molecule has 0 radical (unpaired) electrons. The van der Waals surface area contributed by atoms with Crippen LogP contribution < -0.4 is 5.32 Å². The molecule has 1 aromatic carbocycles. The van der Waals surface area contributed by atoms with Crippen LogP contribution in [0.1, 0.15) is 23.2 Å². The smallest absolute Gasteiger partial charge is 0.270 e. The maximum Gasteiger partial charge on any atom is 0.270 e. The number of likely N-dealkylation sites (tertiary alicyclic amines) is 1. The van der Waals surface area contributed by atoms with Gasteiger partial charge in [0.25, 0.3) is 11.6 Å². The van der Waals surface area contributed by atoms with Gasteiger partial charge in [-0.15, -0.1) is 0 Å². The van der Waals surface area contributed by atoms with Crippen LogP contribution in [0.25, 0.3) is 0 Å². The number of hydrogen-bond donors (Lipinski definition) is 1. The predicted molar refractivity (Wildman–Crippen MR) is 94.7 cm³/mol. The number of sulfone groups is 1. The summed E-state index contributed by atoms with van der Waals surface area (Å²) in [5.41, 5.74) is -0.111. The van der Waals surface area contributed by atoms with Gasteiger partial charge in [-0.2, -0.15) is 0 Å². The first-order valence-corrected chi connectivity index (χ1v) is 10.2. The van der Waals surface area contributed by atoms with Gasteiger partial charge in [-0.25, -0.2) is 8.42 Å². The highest BCUT2D eigenvalue weighted by Gasteiger charge is 2.23. The molecule has 1 amide bonds. The number of hydrogen-bond acceptors (Lipinski definition) is 6. The molecule has 1 aliphatic heterocycles. The zero-order valence-electron chi connectivity index (χ0n) is 13.8.